The quantitative estimate of drug-likeness (QED) is 0.446. The number of nitrogens with zero attached hydrogens (tertiary/aromatic N) is 3. The molecule has 31 heavy (non-hydrogen) atoms. The zero-order valence-electron chi connectivity index (χ0n) is 17.7. The standard InChI is InChI=1S/C24H26N4O2S/c1-17-10-12-18(13-11-17)27-15-5-8-20(27)23-22(19-7-3-4-14-25-19)26-24(31)28(23)16-6-9-21(29)30-2/h3-5,7-8,10-15,22-23H,6,9,16H2,1-2H3,(H,26,31)/t22-,23-/m0/s1. The predicted octanol–water partition coefficient (Wildman–Crippen LogP) is 4.11. The highest BCUT2D eigenvalue weighted by Crippen LogP contribution is 2.39. The molecule has 0 saturated carbocycles. The third-order valence-electron chi connectivity index (χ3n) is 5.60. The molecule has 1 aliphatic heterocycles. The Bertz CT molecular complexity index is 1050. The molecule has 160 valence electrons. The smallest absolute Gasteiger partial charge is 0.305 e. The molecule has 6 nitrogen and oxygen atoms in total. The van der Waals surface area contributed by atoms with Crippen molar-refractivity contribution >= 4 is 23.3 Å². The Morgan fingerprint density at radius 1 is 1.16 bits per heavy atom. The van der Waals surface area contributed by atoms with Gasteiger partial charge < -0.3 is 19.5 Å². The van der Waals surface area contributed by atoms with Gasteiger partial charge in [0.15, 0.2) is 5.11 Å². The Labute approximate surface area is 187 Å². The largest absolute Gasteiger partial charge is 0.469 e. The fourth-order valence-corrected chi connectivity index (χ4v) is 4.37. The van der Waals surface area contributed by atoms with E-state index in [0.29, 0.717) is 24.5 Å². The van der Waals surface area contributed by atoms with Crippen molar-refractivity contribution in [2.24, 2.45) is 0 Å². The number of methoxy groups -OCH3 is 1. The maximum Gasteiger partial charge on any atom is 0.305 e. The van der Waals surface area contributed by atoms with Gasteiger partial charge in [0.05, 0.1) is 24.9 Å². The molecule has 0 bridgehead atoms. The minimum Gasteiger partial charge on any atom is -0.469 e. The first kappa shape index (κ1) is 21.1. The molecular formula is C24H26N4O2S. The average Bonchev–Trinajstić information content (AvgIpc) is 3.39. The summed E-state index contributed by atoms with van der Waals surface area (Å²) in [6.45, 7) is 2.73. The van der Waals surface area contributed by atoms with Gasteiger partial charge in [0, 0.05) is 36.7 Å². The molecule has 2 aromatic heterocycles. The molecule has 1 N–H and O–H groups in total. The predicted molar refractivity (Wildman–Crippen MR) is 124 cm³/mol. The van der Waals surface area contributed by atoms with Crippen molar-refractivity contribution in [2.45, 2.75) is 31.8 Å². The number of hydrogen-bond donors (Lipinski definition) is 1. The van der Waals surface area contributed by atoms with E-state index in [-0.39, 0.29) is 18.1 Å². The van der Waals surface area contributed by atoms with Crippen LogP contribution in [0.25, 0.3) is 5.69 Å². The number of esters is 1. The SMILES string of the molecule is COC(=O)CCCN1C(=S)N[C@@H](c2ccccn2)[C@@H]1c1cccn1-c1ccc(C)cc1. The lowest BCUT2D eigenvalue weighted by Gasteiger charge is -2.29. The summed E-state index contributed by atoms with van der Waals surface area (Å²) >= 11 is 5.71. The highest BCUT2D eigenvalue weighted by molar-refractivity contribution is 7.80. The Hall–Kier alpha value is -3.19. The van der Waals surface area contributed by atoms with Crippen LogP contribution < -0.4 is 5.32 Å². The van der Waals surface area contributed by atoms with Crippen LogP contribution in [-0.2, 0) is 9.53 Å². The van der Waals surface area contributed by atoms with Gasteiger partial charge in [0.1, 0.15) is 0 Å². The van der Waals surface area contributed by atoms with Crippen molar-refractivity contribution in [1.29, 1.82) is 0 Å². The number of ether oxygens (including phenoxy) is 1. The van der Waals surface area contributed by atoms with Gasteiger partial charge in [-0.25, -0.2) is 0 Å². The van der Waals surface area contributed by atoms with Gasteiger partial charge in [-0.3, -0.25) is 9.78 Å². The molecule has 0 spiro atoms. The first-order valence-electron chi connectivity index (χ1n) is 10.4. The second-order valence-corrected chi connectivity index (χ2v) is 8.02. The first-order valence-corrected chi connectivity index (χ1v) is 10.8. The molecular weight excluding hydrogens is 408 g/mol. The number of aryl methyl sites for hydroxylation is 1. The van der Waals surface area contributed by atoms with Gasteiger partial charge in [-0.15, -0.1) is 0 Å². The van der Waals surface area contributed by atoms with Gasteiger partial charge >= 0.3 is 5.97 Å². The van der Waals surface area contributed by atoms with E-state index >= 15 is 0 Å². The number of nitrogens with one attached hydrogen (secondary N) is 1. The molecule has 3 heterocycles. The fraction of sp³-hybridized carbons (Fsp3) is 0.292. The summed E-state index contributed by atoms with van der Waals surface area (Å²) in [6, 6.07) is 18.4. The van der Waals surface area contributed by atoms with E-state index in [0.717, 1.165) is 17.1 Å². The lowest BCUT2D eigenvalue weighted by atomic mass is 10.0. The number of rotatable bonds is 7. The minimum atomic E-state index is -0.209. The van der Waals surface area contributed by atoms with Crippen LogP contribution in [0.1, 0.15) is 41.9 Å². The summed E-state index contributed by atoms with van der Waals surface area (Å²) in [5.74, 6) is -0.209. The number of carbonyl (C=O) groups excluding carboxylic acids is 1. The molecule has 0 radical (unpaired) electrons. The van der Waals surface area contributed by atoms with Crippen LogP contribution in [0.3, 0.4) is 0 Å². The van der Waals surface area contributed by atoms with Gasteiger partial charge in [0.2, 0.25) is 0 Å². The van der Waals surface area contributed by atoms with E-state index in [1.807, 2.05) is 18.2 Å². The van der Waals surface area contributed by atoms with Crippen molar-refractivity contribution in [3.05, 3.63) is 83.9 Å². The highest BCUT2D eigenvalue weighted by atomic mass is 32.1. The third-order valence-corrected chi connectivity index (χ3v) is 5.95. The van der Waals surface area contributed by atoms with E-state index in [1.54, 1.807) is 6.20 Å². The maximum absolute atomic E-state index is 11.6. The molecule has 3 aromatic rings. The molecule has 0 unspecified atom stereocenters. The number of thiocarbonyl (C=S) groups is 1. The van der Waals surface area contributed by atoms with Crippen molar-refractivity contribution < 1.29 is 9.53 Å². The summed E-state index contributed by atoms with van der Waals surface area (Å²) in [6.07, 6.45) is 4.89. The minimum absolute atomic E-state index is 0.0589. The molecule has 1 saturated heterocycles. The van der Waals surface area contributed by atoms with Crippen LogP contribution in [0.2, 0.25) is 0 Å². The van der Waals surface area contributed by atoms with E-state index < -0.39 is 0 Å². The van der Waals surface area contributed by atoms with E-state index in [1.165, 1.54) is 12.7 Å². The van der Waals surface area contributed by atoms with E-state index in [4.69, 9.17) is 17.0 Å². The third kappa shape index (κ3) is 4.46. The average molecular weight is 435 g/mol. The van der Waals surface area contributed by atoms with Gasteiger partial charge in [0.25, 0.3) is 0 Å². The maximum atomic E-state index is 11.6. The molecule has 0 amide bonds. The zero-order chi connectivity index (χ0) is 21.8. The van der Waals surface area contributed by atoms with Crippen LogP contribution in [0.15, 0.2) is 67.0 Å². The molecule has 2 atom stereocenters. The Balaban J connectivity index is 1.70. The van der Waals surface area contributed by atoms with E-state index in [2.05, 4.69) is 69.3 Å². The van der Waals surface area contributed by atoms with Gasteiger partial charge in [-0.1, -0.05) is 23.8 Å². The molecule has 0 aliphatic carbocycles. The highest BCUT2D eigenvalue weighted by Gasteiger charge is 2.41. The number of aromatic nitrogens is 2. The Kier molecular flexibility index (Phi) is 6.32. The van der Waals surface area contributed by atoms with Crippen LogP contribution >= 0.6 is 12.2 Å². The van der Waals surface area contributed by atoms with Crippen molar-refractivity contribution in [3.8, 4) is 5.69 Å². The second kappa shape index (κ2) is 9.31. The topological polar surface area (TPSA) is 59.4 Å². The zero-order valence-corrected chi connectivity index (χ0v) is 18.5. The van der Waals surface area contributed by atoms with Crippen molar-refractivity contribution in [2.75, 3.05) is 13.7 Å². The van der Waals surface area contributed by atoms with Crippen LogP contribution in [0, 0.1) is 6.92 Å². The molecule has 7 heteroatoms. The van der Waals surface area contributed by atoms with Crippen molar-refractivity contribution in [1.82, 2.24) is 19.8 Å². The molecule has 4 rings (SSSR count). The number of benzene rings is 1. The summed E-state index contributed by atoms with van der Waals surface area (Å²) in [5.41, 5.74) is 4.36. The fourth-order valence-electron chi connectivity index (χ4n) is 4.04. The van der Waals surface area contributed by atoms with Crippen LogP contribution in [0.4, 0.5) is 0 Å². The Morgan fingerprint density at radius 3 is 2.68 bits per heavy atom. The lowest BCUT2D eigenvalue weighted by molar-refractivity contribution is -0.140. The van der Waals surface area contributed by atoms with Crippen LogP contribution in [0.5, 0.6) is 0 Å². The van der Waals surface area contributed by atoms with Crippen LogP contribution in [-0.4, -0.2) is 39.2 Å². The first-order chi connectivity index (χ1) is 15.1. The second-order valence-electron chi connectivity index (χ2n) is 7.64. The summed E-state index contributed by atoms with van der Waals surface area (Å²) in [4.78, 5) is 18.4. The molecule has 1 aliphatic rings. The Morgan fingerprint density at radius 2 is 1.97 bits per heavy atom. The monoisotopic (exact) mass is 434 g/mol. The van der Waals surface area contributed by atoms with Gasteiger partial charge in [-0.2, -0.15) is 0 Å². The van der Waals surface area contributed by atoms with Crippen molar-refractivity contribution in [3.63, 3.8) is 0 Å². The number of hydrogen-bond acceptors (Lipinski definition) is 4. The lowest BCUT2D eigenvalue weighted by Crippen LogP contribution is -2.31. The number of carbonyl (C=O) groups is 1. The van der Waals surface area contributed by atoms with Gasteiger partial charge in [-0.05, 0) is 62.0 Å². The molecule has 1 aromatic carbocycles. The number of pyridine rings is 1. The summed E-state index contributed by atoms with van der Waals surface area (Å²) in [5, 5.41) is 4.13. The normalized spacial score (nSPS) is 18.1. The summed E-state index contributed by atoms with van der Waals surface area (Å²) in [7, 11) is 1.42. The molecule has 1 fully saturated rings. The summed E-state index contributed by atoms with van der Waals surface area (Å²) < 4.78 is 7.00. The van der Waals surface area contributed by atoms with E-state index in [9.17, 15) is 4.79 Å².